The van der Waals surface area contributed by atoms with Gasteiger partial charge in [0.2, 0.25) is 0 Å². The molecule has 0 fully saturated rings. The lowest BCUT2D eigenvalue weighted by atomic mass is 10.0. The number of hydrogen-bond donors (Lipinski definition) is 1. The first-order valence-corrected chi connectivity index (χ1v) is 8.32. The second kappa shape index (κ2) is 5.73. The van der Waals surface area contributed by atoms with Crippen molar-refractivity contribution in [3.05, 3.63) is 72.1 Å². The largest absolute Gasteiger partial charge is 0.285 e. The Labute approximate surface area is 148 Å². The molecular weight excluding hydrogens is 326 g/mol. The van der Waals surface area contributed by atoms with E-state index in [-0.39, 0.29) is 0 Å². The molecule has 1 aromatic carbocycles. The van der Waals surface area contributed by atoms with Crippen LogP contribution in [0.4, 0.5) is 0 Å². The van der Waals surface area contributed by atoms with Crippen molar-refractivity contribution < 1.29 is 0 Å². The number of fused-ring (bicyclic) bond motifs is 2. The smallest absolute Gasteiger partial charge is 0.177 e. The van der Waals surface area contributed by atoms with Gasteiger partial charge in [-0.25, -0.2) is 0 Å². The van der Waals surface area contributed by atoms with Crippen molar-refractivity contribution in [2.75, 3.05) is 0 Å². The van der Waals surface area contributed by atoms with Crippen LogP contribution in [0.15, 0.2) is 55.0 Å². The molecule has 0 atom stereocenters. The Morgan fingerprint density at radius 2 is 1.96 bits per heavy atom. The van der Waals surface area contributed by atoms with E-state index in [1.165, 1.54) is 0 Å². The molecule has 4 heterocycles. The highest BCUT2D eigenvalue weighted by molar-refractivity contribution is 5.84. The number of nitrogens with zero attached hydrogens (tertiary/aromatic N) is 6. The second-order valence-corrected chi connectivity index (χ2v) is 6.28. The Hall–Kier alpha value is -3.61. The van der Waals surface area contributed by atoms with E-state index in [1.807, 2.05) is 37.5 Å². The van der Waals surface area contributed by atoms with Gasteiger partial charge in [-0.15, -0.1) is 10.2 Å². The molecule has 0 radical (unpaired) electrons. The summed E-state index contributed by atoms with van der Waals surface area (Å²) >= 11 is 0. The van der Waals surface area contributed by atoms with Crippen LogP contribution in [0.1, 0.15) is 17.1 Å². The van der Waals surface area contributed by atoms with E-state index >= 15 is 0 Å². The molecule has 0 aliphatic carbocycles. The SMILES string of the molecule is Cc1ccc2nnc(Cc3ccc4ncc(-c5cn[nH]c5)cc4c3)n2n1. The summed E-state index contributed by atoms with van der Waals surface area (Å²) in [5, 5.41) is 20.9. The molecular formula is C19H15N7. The van der Waals surface area contributed by atoms with Crippen LogP contribution < -0.4 is 0 Å². The monoisotopic (exact) mass is 341 g/mol. The van der Waals surface area contributed by atoms with Crippen LogP contribution in [-0.2, 0) is 6.42 Å². The first-order valence-electron chi connectivity index (χ1n) is 8.32. The standard InChI is InChI=1S/C19H15N7/c1-12-2-5-18-23-24-19(26(18)25-12)7-13-3-4-17-14(6-13)8-15(9-20-17)16-10-21-22-11-16/h2-6,8-11H,7H2,1H3,(H,21,22). The van der Waals surface area contributed by atoms with Crippen molar-refractivity contribution in [1.29, 1.82) is 0 Å². The molecule has 0 bridgehead atoms. The van der Waals surface area contributed by atoms with Crippen LogP contribution in [-0.4, -0.2) is 35.0 Å². The molecule has 1 N–H and O–H groups in total. The van der Waals surface area contributed by atoms with Crippen LogP contribution in [0.5, 0.6) is 0 Å². The Balaban J connectivity index is 1.55. The highest BCUT2D eigenvalue weighted by atomic mass is 15.4. The molecule has 0 aliphatic rings. The van der Waals surface area contributed by atoms with Crippen molar-refractivity contribution in [2.45, 2.75) is 13.3 Å². The van der Waals surface area contributed by atoms with Crippen LogP contribution in [0.2, 0.25) is 0 Å². The molecule has 0 saturated heterocycles. The van der Waals surface area contributed by atoms with Crippen molar-refractivity contribution in [3.63, 3.8) is 0 Å². The number of aromatic amines is 1. The summed E-state index contributed by atoms with van der Waals surface area (Å²) in [6.07, 6.45) is 6.18. The Kier molecular flexibility index (Phi) is 3.24. The Morgan fingerprint density at radius 1 is 1.00 bits per heavy atom. The van der Waals surface area contributed by atoms with Gasteiger partial charge in [-0.3, -0.25) is 10.1 Å². The summed E-state index contributed by atoms with van der Waals surface area (Å²) in [5.41, 5.74) is 5.85. The van der Waals surface area contributed by atoms with E-state index in [4.69, 9.17) is 0 Å². The Morgan fingerprint density at radius 3 is 2.85 bits per heavy atom. The molecule has 5 aromatic rings. The van der Waals surface area contributed by atoms with E-state index in [1.54, 1.807) is 10.7 Å². The average molecular weight is 341 g/mol. The molecule has 0 aliphatic heterocycles. The van der Waals surface area contributed by atoms with Gasteiger partial charge in [-0.1, -0.05) is 6.07 Å². The molecule has 126 valence electrons. The van der Waals surface area contributed by atoms with Crippen molar-refractivity contribution in [2.24, 2.45) is 0 Å². The van der Waals surface area contributed by atoms with Crippen molar-refractivity contribution in [1.82, 2.24) is 35.0 Å². The third kappa shape index (κ3) is 2.50. The maximum atomic E-state index is 4.55. The molecule has 0 saturated carbocycles. The van der Waals surface area contributed by atoms with Gasteiger partial charge < -0.3 is 0 Å². The van der Waals surface area contributed by atoms with Gasteiger partial charge in [0.15, 0.2) is 11.5 Å². The first kappa shape index (κ1) is 14.7. The number of rotatable bonds is 3. The topological polar surface area (TPSA) is 84.6 Å². The van der Waals surface area contributed by atoms with E-state index in [9.17, 15) is 0 Å². The molecule has 5 rings (SSSR count). The highest BCUT2D eigenvalue weighted by Gasteiger charge is 2.09. The molecule has 7 nitrogen and oxygen atoms in total. The van der Waals surface area contributed by atoms with Gasteiger partial charge in [-0.2, -0.15) is 14.7 Å². The summed E-state index contributed by atoms with van der Waals surface area (Å²) in [4.78, 5) is 4.55. The predicted octanol–water partition coefficient (Wildman–Crippen LogP) is 2.96. The quantitative estimate of drug-likeness (QED) is 0.545. The Bertz CT molecular complexity index is 1220. The number of aromatic nitrogens is 7. The molecule has 26 heavy (non-hydrogen) atoms. The molecule has 4 aromatic heterocycles. The number of benzene rings is 1. The minimum atomic E-state index is 0.656. The van der Waals surface area contributed by atoms with E-state index in [0.717, 1.165) is 44.8 Å². The number of pyridine rings is 1. The maximum Gasteiger partial charge on any atom is 0.177 e. The normalized spacial score (nSPS) is 11.4. The maximum absolute atomic E-state index is 4.55. The fourth-order valence-corrected chi connectivity index (χ4v) is 3.08. The van der Waals surface area contributed by atoms with Gasteiger partial charge in [0.25, 0.3) is 0 Å². The lowest BCUT2D eigenvalue weighted by Crippen LogP contribution is -2.01. The van der Waals surface area contributed by atoms with Gasteiger partial charge >= 0.3 is 0 Å². The van der Waals surface area contributed by atoms with E-state index in [0.29, 0.717) is 6.42 Å². The van der Waals surface area contributed by atoms with Crippen molar-refractivity contribution >= 4 is 16.6 Å². The zero-order valence-electron chi connectivity index (χ0n) is 14.1. The van der Waals surface area contributed by atoms with E-state index in [2.05, 4.69) is 48.7 Å². The zero-order chi connectivity index (χ0) is 17.5. The lowest BCUT2D eigenvalue weighted by Gasteiger charge is -2.05. The molecule has 0 spiro atoms. The number of H-pyrrole nitrogens is 1. The zero-order valence-corrected chi connectivity index (χ0v) is 14.1. The number of hydrogen-bond acceptors (Lipinski definition) is 5. The van der Waals surface area contributed by atoms with Crippen LogP contribution >= 0.6 is 0 Å². The van der Waals surface area contributed by atoms with Gasteiger partial charge in [0.1, 0.15) is 0 Å². The summed E-state index contributed by atoms with van der Waals surface area (Å²) in [7, 11) is 0. The molecule has 0 amide bonds. The van der Waals surface area contributed by atoms with Gasteiger partial charge in [0, 0.05) is 35.3 Å². The number of aryl methyl sites for hydroxylation is 1. The summed E-state index contributed by atoms with van der Waals surface area (Å²) in [6, 6.07) is 12.2. The minimum absolute atomic E-state index is 0.656. The van der Waals surface area contributed by atoms with Crippen LogP contribution in [0, 0.1) is 6.92 Å². The first-order chi connectivity index (χ1) is 12.8. The highest BCUT2D eigenvalue weighted by Crippen LogP contribution is 2.23. The predicted molar refractivity (Wildman–Crippen MR) is 97.6 cm³/mol. The summed E-state index contributed by atoms with van der Waals surface area (Å²) < 4.78 is 1.81. The fraction of sp³-hybridized carbons (Fsp3) is 0.105. The van der Waals surface area contributed by atoms with Crippen LogP contribution in [0.3, 0.4) is 0 Å². The number of nitrogens with one attached hydrogen (secondary N) is 1. The van der Waals surface area contributed by atoms with Crippen LogP contribution in [0.25, 0.3) is 27.7 Å². The average Bonchev–Trinajstić information content (AvgIpc) is 3.32. The molecule has 7 heteroatoms. The lowest BCUT2D eigenvalue weighted by molar-refractivity contribution is 0.821. The molecule has 0 unspecified atom stereocenters. The van der Waals surface area contributed by atoms with Gasteiger partial charge in [0.05, 0.1) is 17.4 Å². The second-order valence-electron chi connectivity index (χ2n) is 6.28. The minimum Gasteiger partial charge on any atom is -0.285 e. The summed E-state index contributed by atoms with van der Waals surface area (Å²) in [5.74, 6) is 0.821. The third-order valence-electron chi connectivity index (χ3n) is 4.40. The van der Waals surface area contributed by atoms with Gasteiger partial charge in [-0.05, 0) is 42.8 Å². The fourth-order valence-electron chi connectivity index (χ4n) is 3.08. The summed E-state index contributed by atoms with van der Waals surface area (Å²) in [6.45, 7) is 1.96. The van der Waals surface area contributed by atoms with E-state index < -0.39 is 0 Å². The third-order valence-corrected chi connectivity index (χ3v) is 4.40. The van der Waals surface area contributed by atoms with Crippen molar-refractivity contribution in [3.8, 4) is 11.1 Å².